The first-order valence-electron chi connectivity index (χ1n) is 6.46. The lowest BCUT2D eigenvalue weighted by Crippen LogP contribution is -2.41. The Morgan fingerprint density at radius 3 is 2.95 bits per heavy atom. The topological polar surface area (TPSA) is 32.3 Å². The van der Waals surface area contributed by atoms with Gasteiger partial charge in [-0.3, -0.25) is 4.79 Å². The zero-order chi connectivity index (χ0) is 13.8. The lowest BCUT2D eigenvalue weighted by Gasteiger charge is -2.28. The van der Waals surface area contributed by atoms with E-state index in [4.69, 9.17) is 23.2 Å². The zero-order valence-corrected chi connectivity index (χ0v) is 12.5. The standard InChI is InChI=1S/C14H18Cl2N2O/c1-18-6-2-3-11(9-18)14(19)17-8-10-4-5-12(15)7-13(10)16/h4-5,7,11H,2-3,6,8-9H2,1H3,(H,17,19)/t11-/m0/s1. The third kappa shape index (κ3) is 4.10. The number of hydrogen-bond donors (Lipinski definition) is 1. The summed E-state index contributed by atoms with van der Waals surface area (Å²) in [5.41, 5.74) is 0.892. The van der Waals surface area contributed by atoms with Crippen molar-refractivity contribution in [3.63, 3.8) is 0 Å². The summed E-state index contributed by atoms with van der Waals surface area (Å²) in [4.78, 5) is 14.3. The molecule has 0 bridgehead atoms. The molecule has 0 unspecified atom stereocenters. The fourth-order valence-corrected chi connectivity index (χ4v) is 2.85. The lowest BCUT2D eigenvalue weighted by molar-refractivity contribution is -0.126. The van der Waals surface area contributed by atoms with Crippen LogP contribution in [0.25, 0.3) is 0 Å². The van der Waals surface area contributed by atoms with Crippen molar-refractivity contribution in [1.82, 2.24) is 10.2 Å². The Morgan fingerprint density at radius 1 is 1.47 bits per heavy atom. The van der Waals surface area contributed by atoms with Gasteiger partial charge >= 0.3 is 0 Å². The van der Waals surface area contributed by atoms with Gasteiger partial charge in [-0.2, -0.15) is 0 Å². The third-order valence-electron chi connectivity index (χ3n) is 3.46. The first-order valence-corrected chi connectivity index (χ1v) is 7.22. The van der Waals surface area contributed by atoms with Crippen molar-refractivity contribution in [2.45, 2.75) is 19.4 Å². The fraction of sp³-hybridized carbons (Fsp3) is 0.500. The molecule has 1 aliphatic rings. The molecule has 0 saturated carbocycles. The summed E-state index contributed by atoms with van der Waals surface area (Å²) in [6.45, 7) is 2.36. The Morgan fingerprint density at radius 2 is 2.26 bits per heavy atom. The fourth-order valence-electron chi connectivity index (χ4n) is 2.37. The maximum absolute atomic E-state index is 12.1. The van der Waals surface area contributed by atoms with Gasteiger partial charge < -0.3 is 10.2 Å². The summed E-state index contributed by atoms with van der Waals surface area (Å²) in [7, 11) is 2.05. The van der Waals surface area contributed by atoms with Gasteiger partial charge in [-0.15, -0.1) is 0 Å². The lowest BCUT2D eigenvalue weighted by atomic mass is 9.97. The Labute approximate surface area is 123 Å². The summed E-state index contributed by atoms with van der Waals surface area (Å²) >= 11 is 11.9. The van der Waals surface area contributed by atoms with Gasteiger partial charge in [-0.1, -0.05) is 29.3 Å². The Balaban J connectivity index is 1.89. The van der Waals surface area contributed by atoms with E-state index in [0.717, 1.165) is 31.5 Å². The van der Waals surface area contributed by atoms with Crippen LogP contribution in [0.1, 0.15) is 18.4 Å². The number of amides is 1. The maximum atomic E-state index is 12.1. The molecule has 1 saturated heterocycles. The highest BCUT2D eigenvalue weighted by Crippen LogP contribution is 2.21. The molecule has 1 atom stereocenters. The molecule has 5 heteroatoms. The van der Waals surface area contributed by atoms with Crippen LogP contribution in [-0.2, 0) is 11.3 Å². The second-order valence-electron chi connectivity index (χ2n) is 5.05. The summed E-state index contributed by atoms with van der Waals surface area (Å²) in [5, 5.41) is 4.15. The highest BCUT2D eigenvalue weighted by Gasteiger charge is 2.23. The van der Waals surface area contributed by atoms with Gasteiger partial charge in [0, 0.05) is 23.1 Å². The predicted octanol–water partition coefficient (Wildman–Crippen LogP) is 2.95. The number of likely N-dealkylation sites (tertiary alicyclic amines) is 1. The van der Waals surface area contributed by atoms with Gasteiger partial charge in [-0.25, -0.2) is 0 Å². The second kappa shape index (κ2) is 6.60. The van der Waals surface area contributed by atoms with Crippen molar-refractivity contribution >= 4 is 29.1 Å². The molecule has 19 heavy (non-hydrogen) atoms. The highest BCUT2D eigenvalue weighted by molar-refractivity contribution is 6.35. The van der Waals surface area contributed by atoms with Crippen LogP contribution >= 0.6 is 23.2 Å². The molecule has 1 amide bonds. The minimum atomic E-state index is 0.0878. The first-order chi connectivity index (χ1) is 9.06. The smallest absolute Gasteiger partial charge is 0.224 e. The van der Waals surface area contributed by atoms with Gasteiger partial charge in [0.2, 0.25) is 5.91 Å². The molecule has 3 nitrogen and oxygen atoms in total. The number of carbonyl (C=O) groups excluding carboxylic acids is 1. The Bertz CT molecular complexity index is 465. The van der Waals surface area contributed by atoms with E-state index < -0.39 is 0 Å². The molecule has 0 aromatic heterocycles. The Hall–Kier alpha value is -0.770. The maximum Gasteiger partial charge on any atom is 0.224 e. The molecule has 104 valence electrons. The van der Waals surface area contributed by atoms with E-state index in [2.05, 4.69) is 17.3 Å². The molecule has 0 aliphatic carbocycles. The largest absolute Gasteiger partial charge is 0.352 e. The van der Waals surface area contributed by atoms with Crippen LogP contribution in [0.15, 0.2) is 18.2 Å². The van der Waals surface area contributed by atoms with Gasteiger partial charge in [0.25, 0.3) is 0 Å². The van der Waals surface area contributed by atoms with E-state index in [-0.39, 0.29) is 11.8 Å². The Kier molecular flexibility index (Phi) is 5.08. The van der Waals surface area contributed by atoms with Gasteiger partial charge in [0.1, 0.15) is 0 Å². The van der Waals surface area contributed by atoms with Crippen molar-refractivity contribution in [3.05, 3.63) is 33.8 Å². The van der Waals surface area contributed by atoms with Crippen molar-refractivity contribution in [2.75, 3.05) is 20.1 Å². The number of hydrogen-bond acceptors (Lipinski definition) is 2. The van der Waals surface area contributed by atoms with Crippen LogP contribution in [0.3, 0.4) is 0 Å². The van der Waals surface area contributed by atoms with Crippen molar-refractivity contribution in [1.29, 1.82) is 0 Å². The molecule has 1 N–H and O–H groups in total. The number of carbonyl (C=O) groups is 1. The van der Waals surface area contributed by atoms with E-state index in [1.807, 2.05) is 6.07 Å². The minimum Gasteiger partial charge on any atom is -0.352 e. The van der Waals surface area contributed by atoms with Crippen LogP contribution in [0.5, 0.6) is 0 Å². The van der Waals surface area contributed by atoms with Gasteiger partial charge in [0.15, 0.2) is 0 Å². The molecule has 2 rings (SSSR count). The van der Waals surface area contributed by atoms with E-state index in [0.29, 0.717) is 16.6 Å². The van der Waals surface area contributed by atoms with Crippen LogP contribution < -0.4 is 5.32 Å². The van der Waals surface area contributed by atoms with E-state index in [1.165, 1.54) is 0 Å². The number of nitrogens with one attached hydrogen (secondary N) is 1. The van der Waals surface area contributed by atoms with Crippen molar-refractivity contribution < 1.29 is 4.79 Å². The predicted molar refractivity (Wildman–Crippen MR) is 78.5 cm³/mol. The van der Waals surface area contributed by atoms with Gasteiger partial charge in [-0.05, 0) is 44.1 Å². The van der Waals surface area contributed by atoms with E-state index in [1.54, 1.807) is 12.1 Å². The molecule has 0 radical (unpaired) electrons. The summed E-state index contributed by atoms with van der Waals surface area (Å²) in [5.74, 6) is 0.197. The van der Waals surface area contributed by atoms with Crippen LogP contribution in [0, 0.1) is 5.92 Å². The summed E-state index contributed by atoms with van der Waals surface area (Å²) in [6.07, 6.45) is 2.04. The van der Waals surface area contributed by atoms with Crippen LogP contribution in [0.2, 0.25) is 10.0 Å². The minimum absolute atomic E-state index is 0.0878. The number of rotatable bonds is 3. The van der Waals surface area contributed by atoms with Crippen molar-refractivity contribution in [2.24, 2.45) is 5.92 Å². The monoisotopic (exact) mass is 300 g/mol. The van der Waals surface area contributed by atoms with E-state index >= 15 is 0 Å². The molecule has 0 spiro atoms. The molecule has 1 heterocycles. The average Bonchev–Trinajstić information content (AvgIpc) is 2.37. The number of nitrogens with zero attached hydrogens (tertiary/aromatic N) is 1. The number of benzene rings is 1. The molecule has 1 aromatic carbocycles. The summed E-state index contributed by atoms with van der Waals surface area (Å²) < 4.78 is 0. The van der Waals surface area contributed by atoms with E-state index in [9.17, 15) is 4.79 Å². The number of piperidine rings is 1. The molecular formula is C14H18Cl2N2O. The first kappa shape index (κ1) is 14.6. The van der Waals surface area contributed by atoms with Gasteiger partial charge in [0.05, 0.1) is 5.92 Å². The molecule has 1 aromatic rings. The number of halogens is 2. The molecular weight excluding hydrogens is 283 g/mol. The van der Waals surface area contributed by atoms with Crippen LogP contribution in [-0.4, -0.2) is 30.9 Å². The quantitative estimate of drug-likeness (QED) is 0.931. The zero-order valence-electron chi connectivity index (χ0n) is 11.0. The van der Waals surface area contributed by atoms with Crippen LogP contribution in [0.4, 0.5) is 0 Å². The molecule has 1 fully saturated rings. The normalized spacial score (nSPS) is 20.3. The average molecular weight is 301 g/mol. The molecule has 1 aliphatic heterocycles. The SMILES string of the molecule is CN1CCC[C@H](C(=O)NCc2ccc(Cl)cc2Cl)C1. The second-order valence-corrected chi connectivity index (χ2v) is 5.90. The summed E-state index contributed by atoms with van der Waals surface area (Å²) in [6, 6.07) is 5.32. The third-order valence-corrected chi connectivity index (χ3v) is 4.05. The highest BCUT2D eigenvalue weighted by atomic mass is 35.5. The van der Waals surface area contributed by atoms with Crippen molar-refractivity contribution in [3.8, 4) is 0 Å².